The Balaban J connectivity index is 1.83. The molecule has 2 N–H and O–H groups in total. The van der Waals surface area contributed by atoms with Gasteiger partial charge in [-0.2, -0.15) is 16.8 Å². The minimum atomic E-state index is -4.70. The fourth-order valence-electron chi connectivity index (χ4n) is 3.58. The topological polar surface area (TPSA) is 152 Å². The minimum Gasteiger partial charge on any atom is -0.386 e. The lowest BCUT2D eigenvalue weighted by molar-refractivity contribution is 0.0400. The van der Waals surface area contributed by atoms with E-state index >= 15 is 0 Å². The first-order valence-electron chi connectivity index (χ1n) is 9.23. The fourth-order valence-corrected chi connectivity index (χ4v) is 5.05. The molecule has 0 aliphatic heterocycles. The predicted octanol–water partition coefficient (Wildman–Crippen LogP) is 3.48. The van der Waals surface area contributed by atoms with Gasteiger partial charge in [0, 0.05) is 10.8 Å². The second kappa shape index (κ2) is 8.05. The maximum absolute atomic E-state index is 12.9. The maximum atomic E-state index is 12.9. The summed E-state index contributed by atoms with van der Waals surface area (Å²) < 4.78 is 71.2. The lowest BCUT2D eigenvalue weighted by Gasteiger charge is -2.11. The van der Waals surface area contributed by atoms with Gasteiger partial charge >= 0.3 is 11.9 Å². The van der Waals surface area contributed by atoms with Crippen LogP contribution < -0.4 is 0 Å². The molecule has 0 bridgehead atoms. The molecule has 0 spiro atoms. The van der Waals surface area contributed by atoms with Crippen molar-refractivity contribution in [1.29, 1.82) is 0 Å². The molecule has 0 aromatic heterocycles. The average Bonchev–Trinajstić information content (AvgIpc) is 2.76. The molecule has 4 aromatic carbocycles. The molecule has 0 aliphatic carbocycles. The van der Waals surface area contributed by atoms with E-state index in [1.165, 1.54) is 60.7 Å². The van der Waals surface area contributed by atoms with Crippen molar-refractivity contribution in [3.8, 4) is 0 Å². The number of esters is 2. The van der Waals surface area contributed by atoms with E-state index in [0.29, 0.717) is 10.8 Å². The summed E-state index contributed by atoms with van der Waals surface area (Å²) in [4.78, 5) is 24.6. The number of hydrogen-bond donors (Lipinski definition) is 2. The number of ether oxygens (including phenoxy) is 1. The Labute approximate surface area is 187 Å². The number of hydrogen-bond acceptors (Lipinski definition) is 7. The highest BCUT2D eigenvalue weighted by molar-refractivity contribution is 7.86. The molecule has 4 aromatic rings. The smallest absolute Gasteiger partial charge is 0.346 e. The number of carbonyl (C=O) groups is 2. The van der Waals surface area contributed by atoms with Crippen LogP contribution in [0.15, 0.2) is 82.6 Å². The molecular weight excluding hydrogens is 472 g/mol. The molecule has 33 heavy (non-hydrogen) atoms. The van der Waals surface area contributed by atoms with Gasteiger partial charge in [0.15, 0.2) is 0 Å². The highest BCUT2D eigenvalue weighted by Gasteiger charge is 2.25. The van der Waals surface area contributed by atoms with Crippen LogP contribution >= 0.6 is 0 Å². The summed E-state index contributed by atoms with van der Waals surface area (Å²) in [6.07, 6.45) is 0. The number of benzene rings is 4. The molecule has 11 heteroatoms. The number of rotatable bonds is 4. The second-order valence-electron chi connectivity index (χ2n) is 6.95. The molecule has 9 nitrogen and oxygen atoms in total. The number of fused-ring (bicyclic) bond motifs is 2. The quantitative estimate of drug-likeness (QED) is 0.251. The van der Waals surface area contributed by atoms with Gasteiger partial charge in [0.1, 0.15) is 9.79 Å². The molecule has 4 rings (SSSR count). The Morgan fingerprint density at radius 1 is 0.576 bits per heavy atom. The van der Waals surface area contributed by atoms with Crippen molar-refractivity contribution >= 4 is 53.7 Å². The third-order valence-electron chi connectivity index (χ3n) is 4.91. The Bertz CT molecular complexity index is 1540. The third-order valence-corrected chi connectivity index (χ3v) is 6.71. The van der Waals surface area contributed by atoms with Gasteiger partial charge in [0.2, 0.25) is 0 Å². The van der Waals surface area contributed by atoms with E-state index < -0.39 is 42.0 Å². The SMILES string of the molecule is O=C(OC(=O)c1cccc2cccc(S(=O)(=O)O)c12)c1cccc2cccc(S(=O)(=O)O)c12. The van der Waals surface area contributed by atoms with Crippen molar-refractivity contribution < 1.29 is 40.3 Å². The van der Waals surface area contributed by atoms with Crippen LogP contribution in [0.2, 0.25) is 0 Å². The van der Waals surface area contributed by atoms with Gasteiger partial charge < -0.3 is 4.74 Å². The summed E-state index contributed by atoms with van der Waals surface area (Å²) >= 11 is 0. The van der Waals surface area contributed by atoms with Gasteiger partial charge in [-0.05, 0) is 35.0 Å². The summed E-state index contributed by atoms with van der Waals surface area (Å²) in [5.41, 5.74) is -0.603. The average molecular weight is 486 g/mol. The summed E-state index contributed by atoms with van der Waals surface area (Å²) in [5, 5.41) is 0.311. The molecule has 0 saturated carbocycles. The van der Waals surface area contributed by atoms with Gasteiger partial charge in [-0.1, -0.05) is 48.5 Å². The van der Waals surface area contributed by atoms with Gasteiger partial charge in [-0.25, -0.2) is 9.59 Å². The van der Waals surface area contributed by atoms with E-state index in [9.17, 15) is 35.5 Å². The van der Waals surface area contributed by atoms with Crippen LogP contribution in [0, 0.1) is 0 Å². The molecular formula is C22H14O9S2. The van der Waals surface area contributed by atoms with Crippen LogP contribution in [-0.2, 0) is 25.0 Å². The Morgan fingerprint density at radius 3 is 1.24 bits per heavy atom. The van der Waals surface area contributed by atoms with Crippen molar-refractivity contribution in [3.05, 3.63) is 83.9 Å². The van der Waals surface area contributed by atoms with Crippen LogP contribution in [0.4, 0.5) is 0 Å². The minimum absolute atomic E-state index is 0.142. The van der Waals surface area contributed by atoms with Crippen LogP contribution in [0.3, 0.4) is 0 Å². The Hall–Kier alpha value is -3.64. The van der Waals surface area contributed by atoms with Gasteiger partial charge in [0.25, 0.3) is 20.2 Å². The highest BCUT2D eigenvalue weighted by Crippen LogP contribution is 2.29. The molecule has 0 unspecified atom stereocenters. The van der Waals surface area contributed by atoms with Crippen molar-refractivity contribution in [1.82, 2.24) is 0 Å². The highest BCUT2D eigenvalue weighted by atomic mass is 32.2. The van der Waals surface area contributed by atoms with Crippen LogP contribution in [-0.4, -0.2) is 37.9 Å². The predicted molar refractivity (Wildman–Crippen MR) is 117 cm³/mol. The molecule has 0 amide bonds. The van der Waals surface area contributed by atoms with Gasteiger partial charge in [0.05, 0.1) is 11.1 Å². The zero-order valence-electron chi connectivity index (χ0n) is 16.5. The largest absolute Gasteiger partial charge is 0.386 e. The third kappa shape index (κ3) is 4.22. The summed E-state index contributed by atoms with van der Waals surface area (Å²) in [6, 6.07) is 16.3. The molecule has 0 saturated heterocycles. The second-order valence-corrected chi connectivity index (χ2v) is 9.73. The van der Waals surface area contributed by atoms with Crippen molar-refractivity contribution in [3.63, 3.8) is 0 Å². The van der Waals surface area contributed by atoms with E-state index in [-0.39, 0.29) is 21.9 Å². The van der Waals surface area contributed by atoms with Crippen molar-refractivity contribution in [2.45, 2.75) is 9.79 Å². The van der Waals surface area contributed by atoms with Crippen LogP contribution in [0.25, 0.3) is 21.5 Å². The molecule has 0 fully saturated rings. The fraction of sp³-hybridized carbons (Fsp3) is 0. The molecule has 168 valence electrons. The van der Waals surface area contributed by atoms with E-state index in [0.717, 1.165) is 12.1 Å². The van der Waals surface area contributed by atoms with Crippen molar-refractivity contribution in [2.24, 2.45) is 0 Å². The number of carbonyl (C=O) groups excluding carboxylic acids is 2. The van der Waals surface area contributed by atoms with E-state index in [4.69, 9.17) is 4.74 Å². The first kappa shape index (κ1) is 22.6. The maximum Gasteiger partial charge on any atom is 0.346 e. The van der Waals surface area contributed by atoms with Gasteiger partial charge in [-0.3, -0.25) is 9.11 Å². The standard InChI is InChI=1S/C22H14O9S2/c23-21(15-9-1-5-13-7-3-11-17(19(13)15)32(25,26)27)31-22(24)16-10-2-6-14-8-4-12-18(20(14)16)33(28,29)30/h1-12H,(H,25,26,27)(H,28,29,30). The van der Waals surface area contributed by atoms with E-state index in [1.54, 1.807) is 0 Å². The zero-order chi connectivity index (χ0) is 24.0. The van der Waals surface area contributed by atoms with Gasteiger partial charge in [-0.15, -0.1) is 0 Å². The first-order valence-corrected chi connectivity index (χ1v) is 12.1. The lowest BCUT2D eigenvalue weighted by atomic mass is 10.0. The molecule has 0 atom stereocenters. The monoisotopic (exact) mass is 486 g/mol. The summed E-state index contributed by atoms with van der Waals surface area (Å²) in [7, 11) is -9.41. The zero-order valence-corrected chi connectivity index (χ0v) is 18.1. The lowest BCUT2D eigenvalue weighted by Crippen LogP contribution is -2.15. The van der Waals surface area contributed by atoms with E-state index in [2.05, 4.69) is 0 Å². The van der Waals surface area contributed by atoms with Crippen LogP contribution in [0.5, 0.6) is 0 Å². The molecule has 0 heterocycles. The van der Waals surface area contributed by atoms with Crippen molar-refractivity contribution in [2.75, 3.05) is 0 Å². The molecule has 0 aliphatic rings. The first-order chi connectivity index (χ1) is 15.5. The normalized spacial score (nSPS) is 12.1. The Morgan fingerprint density at radius 2 is 0.909 bits per heavy atom. The summed E-state index contributed by atoms with van der Waals surface area (Å²) in [6.45, 7) is 0. The summed E-state index contributed by atoms with van der Waals surface area (Å²) in [5.74, 6) is -2.44. The molecule has 0 radical (unpaired) electrons. The van der Waals surface area contributed by atoms with Crippen LogP contribution in [0.1, 0.15) is 20.7 Å². The Kier molecular flexibility index (Phi) is 5.50. The van der Waals surface area contributed by atoms with E-state index in [1.807, 2.05) is 0 Å².